The summed E-state index contributed by atoms with van der Waals surface area (Å²) in [5.41, 5.74) is 4.07. The van der Waals surface area contributed by atoms with Gasteiger partial charge in [0.05, 0.1) is 0 Å². The molecule has 0 aromatic heterocycles. The number of hydrogen-bond acceptors (Lipinski definition) is 1. The van der Waals surface area contributed by atoms with Crippen LogP contribution in [-0.2, 0) is 6.42 Å². The van der Waals surface area contributed by atoms with Crippen molar-refractivity contribution in [3.05, 3.63) is 65.3 Å². The summed E-state index contributed by atoms with van der Waals surface area (Å²) in [7, 11) is 0. The highest BCUT2D eigenvalue weighted by Gasteiger charge is 2.03. The van der Waals surface area contributed by atoms with Gasteiger partial charge >= 0.3 is 0 Å². The van der Waals surface area contributed by atoms with E-state index in [1.807, 2.05) is 24.3 Å². The van der Waals surface area contributed by atoms with Gasteiger partial charge in [-0.05, 0) is 57.0 Å². The first-order chi connectivity index (χ1) is 10.1. The zero-order valence-electron chi connectivity index (χ0n) is 13.2. The smallest absolute Gasteiger partial charge is 0.123 e. The second kappa shape index (κ2) is 7.12. The Bertz CT molecular complexity index is 673. The van der Waals surface area contributed by atoms with Gasteiger partial charge < -0.3 is 5.11 Å². The maximum atomic E-state index is 9.92. The molecule has 1 heteroatoms. The Labute approximate surface area is 127 Å². The van der Waals surface area contributed by atoms with Crippen molar-refractivity contribution in [2.75, 3.05) is 0 Å². The van der Waals surface area contributed by atoms with Gasteiger partial charge in [0.15, 0.2) is 0 Å². The molecule has 110 valence electrons. The molecule has 2 rings (SSSR count). The molecular weight excluding hydrogens is 256 g/mol. The van der Waals surface area contributed by atoms with Gasteiger partial charge in [0.1, 0.15) is 5.75 Å². The van der Waals surface area contributed by atoms with Crippen molar-refractivity contribution in [2.45, 2.75) is 40.0 Å². The number of fused-ring (bicyclic) bond motifs is 1. The number of benzene rings is 2. The Hall–Kier alpha value is -2.02. The third-order valence-electron chi connectivity index (χ3n) is 3.75. The highest BCUT2D eigenvalue weighted by molar-refractivity contribution is 5.90. The van der Waals surface area contributed by atoms with Crippen LogP contribution in [0.3, 0.4) is 0 Å². The summed E-state index contributed by atoms with van der Waals surface area (Å²) in [6.45, 7) is 6.48. The van der Waals surface area contributed by atoms with E-state index < -0.39 is 0 Å². The summed E-state index contributed by atoms with van der Waals surface area (Å²) in [5.74, 6) is 0.360. The van der Waals surface area contributed by atoms with Gasteiger partial charge in [-0.3, -0.25) is 0 Å². The van der Waals surface area contributed by atoms with Crippen LogP contribution in [0, 0.1) is 0 Å². The monoisotopic (exact) mass is 280 g/mol. The van der Waals surface area contributed by atoms with E-state index in [-0.39, 0.29) is 0 Å². The molecule has 0 spiro atoms. The maximum Gasteiger partial charge on any atom is 0.123 e. The Morgan fingerprint density at radius 2 is 1.67 bits per heavy atom. The average molecular weight is 280 g/mol. The lowest BCUT2D eigenvalue weighted by Crippen LogP contribution is -1.87. The summed E-state index contributed by atoms with van der Waals surface area (Å²) >= 11 is 0. The summed E-state index contributed by atoms with van der Waals surface area (Å²) in [6, 6.07) is 11.9. The second-order valence-corrected chi connectivity index (χ2v) is 5.86. The van der Waals surface area contributed by atoms with Crippen molar-refractivity contribution in [1.29, 1.82) is 0 Å². The molecule has 0 aliphatic carbocycles. The summed E-state index contributed by atoms with van der Waals surface area (Å²) < 4.78 is 0. The number of hydrogen-bond donors (Lipinski definition) is 1. The first-order valence-electron chi connectivity index (χ1n) is 7.56. The highest BCUT2D eigenvalue weighted by Crippen LogP contribution is 2.28. The zero-order valence-corrected chi connectivity index (χ0v) is 13.2. The highest BCUT2D eigenvalue weighted by atomic mass is 16.3. The Morgan fingerprint density at radius 1 is 0.952 bits per heavy atom. The van der Waals surface area contributed by atoms with Crippen LogP contribution in [-0.4, -0.2) is 5.11 Å². The number of rotatable bonds is 5. The van der Waals surface area contributed by atoms with E-state index in [4.69, 9.17) is 0 Å². The van der Waals surface area contributed by atoms with E-state index in [2.05, 4.69) is 39.0 Å². The number of allylic oxidation sites excluding steroid dienone is 4. The van der Waals surface area contributed by atoms with Crippen molar-refractivity contribution < 1.29 is 5.11 Å². The summed E-state index contributed by atoms with van der Waals surface area (Å²) in [5, 5.41) is 12.0. The topological polar surface area (TPSA) is 20.2 Å². The molecule has 0 aliphatic rings. The lowest BCUT2D eigenvalue weighted by Gasteiger charge is -2.07. The van der Waals surface area contributed by atoms with Crippen LogP contribution < -0.4 is 0 Å². The predicted molar refractivity (Wildman–Crippen MR) is 91.7 cm³/mol. The molecule has 21 heavy (non-hydrogen) atoms. The third-order valence-corrected chi connectivity index (χ3v) is 3.75. The minimum atomic E-state index is 0.360. The first kappa shape index (κ1) is 15.4. The largest absolute Gasteiger partial charge is 0.507 e. The van der Waals surface area contributed by atoms with Gasteiger partial charge in [0.25, 0.3) is 0 Å². The van der Waals surface area contributed by atoms with E-state index >= 15 is 0 Å². The standard InChI is InChI=1S/C20H24O/c1-15(2)7-6-8-16(3)11-12-17-13-14-20(21)19-10-5-4-9-18(17)19/h4-5,7,9-11,13-14,21H,6,8,12H2,1-3H3/b16-11-. The fourth-order valence-electron chi connectivity index (χ4n) is 2.50. The first-order valence-corrected chi connectivity index (χ1v) is 7.56. The molecule has 0 bridgehead atoms. The molecule has 0 heterocycles. The van der Waals surface area contributed by atoms with Gasteiger partial charge in [-0.25, -0.2) is 0 Å². The molecule has 0 fully saturated rings. The Balaban J connectivity index is 2.13. The number of aromatic hydroxyl groups is 1. The van der Waals surface area contributed by atoms with E-state index in [1.165, 1.54) is 16.7 Å². The molecule has 1 N–H and O–H groups in total. The van der Waals surface area contributed by atoms with Gasteiger partial charge in [-0.1, -0.05) is 53.6 Å². The minimum absolute atomic E-state index is 0.360. The van der Waals surface area contributed by atoms with Crippen LogP contribution in [0.2, 0.25) is 0 Å². The van der Waals surface area contributed by atoms with Gasteiger partial charge in [-0.2, -0.15) is 0 Å². The van der Waals surface area contributed by atoms with E-state index in [9.17, 15) is 5.11 Å². The quantitative estimate of drug-likeness (QED) is 0.688. The lowest BCUT2D eigenvalue weighted by atomic mass is 9.99. The fraction of sp³-hybridized carbons (Fsp3) is 0.300. The van der Waals surface area contributed by atoms with E-state index in [1.54, 1.807) is 6.07 Å². The minimum Gasteiger partial charge on any atom is -0.507 e. The summed E-state index contributed by atoms with van der Waals surface area (Å²) in [6.07, 6.45) is 7.73. The second-order valence-electron chi connectivity index (χ2n) is 5.86. The third kappa shape index (κ3) is 4.22. The molecule has 0 atom stereocenters. The van der Waals surface area contributed by atoms with Gasteiger partial charge in [-0.15, -0.1) is 0 Å². The van der Waals surface area contributed by atoms with Crippen LogP contribution in [0.5, 0.6) is 5.75 Å². The van der Waals surface area contributed by atoms with Crippen LogP contribution in [0.25, 0.3) is 10.8 Å². The maximum absolute atomic E-state index is 9.92. The van der Waals surface area contributed by atoms with E-state index in [0.29, 0.717) is 5.75 Å². The summed E-state index contributed by atoms with van der Waals surface area (Å²) in [4.78, 5) is 0. The molecule has 0 aliphatic heterocycles. The van der Waals surface area contributed by atoms with Gasteiger partial charge in [0.2, 0.25) is 0 Å². The lowest BCUT2D eigenvalue weighted by molar-refractivity contribution is 0.481. The molecule has 2 aromatic rings. The van der Waals surface area contributed by atoms with Crippen molar-refractivity contribution in [3.8, 4) is 5.75 Å². The van der Waals surface area contributed by atoms with Crippen molar-refractivity contribution >= 4 is 10.8 Å². The zero-order chi connectivity index (χ0) is 15.2. The van der Waals surface area contributed by atoms with Crippen molar-refractivity contribution in [3.63, 3.8) is 0 Å². The van der Waals surface area contributed by atoms with Crippen LogP contribution in [0.15, 0.2) is 59.7 Å². The molecule has 1 nitrogen and oxygen atoms in total. The average Bonchev–Trinajstić information content (AvgIpc) is 2.46. The van der Waals surface area contributed by atoms with Crippen LogP contribution in [0.4, 0.5) is 0 Å². The van der Waals surface area contributed by atoms with Gasteiger partial charge in [0, 0.05) is 5.39 Å². The molecule has 0 amide bonds. The molecule has 0 saturated heterocycles. The van der Waals surface area contributed by atoms with Crippen molar-refractivity contribution in [2.24, 2.45) is 0 Å². The van der Waals surface area contributed by atoms with Crippen LogP contribution in [0.1, 0.15) is 39.2 Å². The van der Waals surface area contributed by atoms with Crippen LogP contribution >= 0.6 is 0 Å². The molecule has 2 aromatic carbocycles. The van der Waals surface area contributed by atoms with E-state index in [0.717, 1.165) is 30.0 Å². The Morgan fingerprint density at radius 3 is 2.38 bits per heavy atom. The number of phenols is 1. The normalized spacial score (nSPS) is 11.7. The molecule has 0 radical (unpaired) electrons. The molecule has 0 saturated carbocycles. The molecular formula is C20H24O. The predicted octanol–water partition coefficient (Wildman–Crippen LogP) is 5.78. The number of phenolic OH excluding ortho intramolecular Hbond substituents is 1. The van der Waals surface area contributed by atoms with Crippen molar-refractivity contribution in [1.82, 2.24) is 0 Å². The Kier molecular flexibility index (Phi) is 5.21. The SMILES string of the molecule is CC(C)=CCC/C(C)=C\Cc1ccc(O)c2ccccc12. The fourth-order valence-corrected chi connectivity index (χ4v) is 2.50. The molecule has 0 unspecified atom stereocenters.